The smallest absolute Gasteiger partial charge is 0.438 e. The third-order valence-corrected chi connectivity index (χ3v) is 1.23. The van der Waals surface area contributed by atoms with Crippen molar-refractivity contribution in [3.63, 3.8) is 0 Å². The van der Waals surface area contributed by atoms with E-state index in [1.54, 1.807) is 0 Å². The molecule has 0 atom stereocenters. The lowest BCUT2D eigenvalue weighted by Crippen LogP contribution is -2.40. The van der Waals surface area contributed by atoms with E-state index in [1.165, 1.54) is 0 Å². The van der Waals surface area contributed by atoms with E-state index in [0.717, 1.165) is 12.5 Å². The van der Waals surface area contributed by atoms with Gasteiger partial charge >= 0.3 is 11.4 Å². The van der Waals surface area contributed by atoms with Crippen LogP contribution in [-0.2, 0) is 9.47 Å². The summed E-state index contributed by atoms with van der Waals surface area (Å²) in [6, 6.07) is 0. The molecule has 0 saturated heterocycles. The van der Waals surface area contributed by atoms with Crippen LogP contribution in [0.4, 0.5) is 13.2 Å². The van der Waals surface area contributed by atoms with Crippen LogP contribution in [0.15, 0.2) is 12.5 Å². The molecule has 0 N–H and O–H groups in total. The van der Waals surface area contributed by atoms with Gasteiger partial charge in [-0.15, -0.1) is 0 Å². The van der Waals surface area contributed by atoms with Gasteiger partial charge in [-0.2, -0.15) is 13.2 Å². The van der Waals surface area contributed by atoms with Crippen LogP contribution in [0.5, 0.6) is 0 Å². The average molecular weight is 175 g/mol. The second-order valence-corrected chi connectivity index (χ2v) is 2.04. The topological polar surface area (TPSA) is 18.5 Å². The van der Waals surface area contributed by atoms with Crippen LogP contribution in [0.1, 0.15) is 0 Å². The van der Waals surface area contributed by atoms with Crippen LogP contribution in [0.2, 0.25) is 0 Å². The van der Waals surface area contributed by atoms with Gasteiger partial charge in [0.1, 0.15) is 12.5 Å². The quantitative estimate of drug-likeness (QED) is 0.523. The molecule has 0 radical (unpaired) electrons. The minimum atomic E-state index is -4.72. The first-order valence-corrected chi connectivity index (χ1v) is 2.60. The predicted octanol–water partition coefficient (Wildman–Crippen LogP) is 1.96. The fourth-order valence-electron chi connectivity index (χ4n) is 0.392. The van der Waals surface area contributed by atoms with Gasteiger partial charge < -0.3 is 9.47 Å². The third kappa shape index (κ3) is 1.01. The van der Waals surface area contributed by atoms with Crippen LogP contribution < -0.4 is 0 Å². The third-order valence-electron chi connectivity index (χ3n) is 0.833. The lowest BCUT2D eigenvalue weighted by Gasteiger charge is -2.21. The molecule has 0 amide bonds. The molecule has 1 rings (SSSR count). The molecule has 0 aromatic carbocycles. The molecular weight excluding hydrogens is 172 g/mol. The summed E-state index contributed by atoms with van der Waals surface area (Å²) in [6.07, 6.45) is -3.25. The summed E-state index contributed by atoms with van der Waals surface area (Å²) in [5, 5.41) is -3.01. The summed E-state index contributed by atoms with van der Waals surface area (Å²) in [5.74, 6) is 0. The zero-order valence-electron chi connectivity index (χ0n) is 4.48. The molecule has 6 heteroatoms. The average Bonchev–Trinajstić information content (AvgIpc) is 2.13. The minimum absolute atomic E-state index is 0.737. The van der Waals surface area contributed by atoms with Crippen molar-refractivity contribution in [2.24, 2.45) is 0 Å². The highest BCUT2D eigenvalue weighted by Crippen LogP contribution is 2.40. The van der Waals surface area contributed by atoms with Gasteiger partial charge in [-0.05, 0) is 11.6 Å². The maximum Gasteiger partial charge on any atom is 0.485 e. The molecular formula is C4H2ClF3O2. The van der Waals surface area contributed by atoms with E-state index in [2.05, 4.69) is 9.47 Å². The fourth-order valence-corrected chi connectivity index (χ4v) is 0.495. The molecule has 1 aliphatic heterocycles. The summed E-state index contributed by atoms with van der Waals surface area (Å²) < 4.78 is 43.1. The van der Waals surface area contributed by atoms with Crippen LogP contribution in [0.3, 0.4) is 0 Å². The first-order chi connectivity index (χ1) is 4.46. The van der Waals surface area contributed by atoms with E-state index in [-0.39, 0.29) is 0 Å². The van der Waals surface area contributed by atoms with Crippen molar-refractivity contribution < 1.29 is 22.6 Å². The highest BCUT2D eigenvalue weighted by atomic mass is 35.5. The van der Waals surface area contributed by atoms with Crippen molar-refractivity contribution >= 4 is 11.6 Å². The predicted molar refractivity (Wildman–Crippen MR) is 25.9 cm³/mol. The molecule has 0 spiro atoms. The molecule has 10 heavy (non-hydrogen) atoms. The van der Waals surface area contributed by atoms with Gasteiger partial charge in [-0.25, -0.2) is 0 Å². The Morgan fingerprint density at radius 1 is 1.20 bits per heavy atom. The zero-order valence-corrected chi connectivity index (χ0v) is 5.24. The van der Waals surface area contributed by atoms with Crippen molar-refractivity contribution in [3.05, 3.63) is 12.5 Å². The standard InChI is InChI=1S/C4H2ClF3O2/c5-3(4(6,7)8)9-1-2-10-3/h1-2H. The molecule has 0 aromatic heterocycles. The van der Waals surface area contributed by atoms with Gasteiger partial charge in [-0.1, -0.05) is 0 Å². The van der Waals surface area contributed by atoms with E-state index in [4.69, 9.17) is 11.6 Å². The van der Waals surface area contributed by atoms with Crippen molar-refractivity contribution in [1.29, 1.82) is 0 Å². The first-order valence-electron chi connectivity index (χ1n) is 2.22. The molecule has 0 aliphatic carbocycles. The largest absolute Gasteiger partial charge is 0.485 e. The maximum absolute atomic E-state index is 11.7. The molecule has 58 valence electrons. The van der Waals surface area contributed by atoms with E-state index >= 15 is 0 Å². The fraction of sp³-hybridized carbons (Fsp3) is 0.500. The van der Waals surface area contributed by atoms with Crippen molar-refractivity contribution in [1.82, 2.24) is 0 Å². The van der Waals surface area contributed by atoms with E-state index in [1.807, 2.05) is 0 Å². The monoisotopic (exact) mass is 174 g/mol. The van der Waals surface area contributed by atoms with Gasteiger partial charge in [-0.3, -0.25) is 0 Å². The number of hydrogen-bond acceptors (Lipinski definition) is 2. The Labute approximate surface area is 59.2 Å². The molecule has 2 nitrogen and oxygen atoms in total. The number of ether oxygens (including phenoxy) is 2. The normalized spacial score (nSPS) is 22.0. The van der Waals surface area contributed by atoms with Crippen molar-refractivity contribution in [3.8, 4) is 0 Å². The number of alkyl halides is 4. The number of halogens is 4. The highest BCUT2D eigenvalue weighted by molar-refractivity contribution is 6.22. The van der Waals surface area contributed by atoms with Crippen molar-refractivity contribution in [2.75, 3.05) is 0 Å². The van der Waals surface area contributed by atoms with Gasteiger partial charge in [0.2, 0.25) is 0 Å². The Kier molecular flexibility index (Phi) is 1.47. The number of hydrogen-bond donors (Lipinski definition) is 0. The Bertz CT molecular complexity index is 156. The van der Waals surface area contributed by atoms with Gasteiger partial charge in [0, 0.05) is 0 Å². The molecule has 0 bridgehead atoms. The van der Waals surface area contributed by atoms with Crippen LogP contribution in [0, 0.1) is 0 Å². The molecule has 1 heterocycles. The highest BCUT2D eigenvalue weighted by Gasteiger charge is 2.60. The zero-order chi connectivity index (χ0) is 7.83. The Morgan fingerprint density at radius 3 is 1.80 bits per heavy atom. The second kappa shape index (κ2) is 1.95. The SMILES string of the molecule is FC(F)(F)C1(Cl)OC=CO1. The first kappa shape index (κ1) is 7.53. The molecule has 1 aliphatic rings. The maximum atomic E-state index is 11.7. The summed E-state index contributed by atoms with van der Waals surface area (Å²) >= 11 is 4.81. The van der Waals surface area contributed by atoms with Crippen molar-refractivity contribution in [2.45, 2.75) is 11.4 Å². The molecule has 0 saturated carbocycles. The van der Waals surface area contributed by atoms with Crippen LogP contribution >= 0.6 is 11.6 Å². The Balaban J connectivity index is 2.71. The summed E-state index contributed by atoms with van der Waals surface area (Å²) in [6.45, 7) is 0. The summed E-state index contributed by atoms with van der Waals surface area (Å²) in [4.78, 5) is 0. The Hall–Kier alpha value is -0.580. The lowest BCUT2D eigenvalue weighted by molar-refractivity contribution is -0.292. The van der Waals surface area contributed by atoms with Crippen LogP contribution in [0.25, 0.3) is 0 Å². The van der Waals surface area contributed by atoms with Gasteiger partial charge in [0.25, 0.3) is 0 Å². The molecule has 0 unspecified atom stereocenters. The van der Waals surface area contributed by atoms with Gasteiger partial charge in [0.05, 0.1) is 0 Å². The Morgan fingerprint density at radius 2 is 1.60 bits per heavy atom. The molecule has 0 fully saturated rings. The molecule has 0 aromatic rings. The summed E-state index contributed by atoms with van der Waals surface area (Å²) in [7, 11) is 0. The minimum Gasteiger partial charge on any atom is -0.438 e. The van der Waals surface area contributed by atoms with Crippen LogP contribution in [-0.4, -0.2) is 11.4 Å². The summed E-state index contributed by atoms with van der Waals surface area (Å²) in [5.41, 5.74) is 0. The van der Waals surface area contributed by atoms with E-state index < -0.39 is 11.4 Å². The van der Waals surface area contributed by atoms with E-state index in [9.17, 15) is 13.2 Å². The second-order valence-electron chi connectivity index (χ2n) is 1.54. The van der Waals surface area contributed by atoms with E-state index in [0.29, 0.717) is 0 Å². The van der Waals surface area contributed by atoms with Gasteiger partial charge in [0.15, 0.2) is 0 Å². The number of rotatable bonds is 0. The lowest BCUT2D eigenvalue weighted by atomic mass is 10.6.